The molecule has 1 aliphatic carbocycles. The van der Waals surface area contributed by atoms with E-state index in [1.807, 2.05) is 18.5 Å². The Morgan fingerprint density at radius 3 is 2.64 bits per heavy atom. The van der Waals surface area contributed by atoms with Crippen LogP contribution in [0.5, 0.6) is 0 Å². The number of halogens is 1. The van der Waals surface area contributed by atoms with Crippen molar-refractivity contribution >= 4 is 29.9 Å². The van der Waals surface area contributed by atoms with E-state index in [4.69, 9.17) is 9.73 Å². The standard InChI is InChI=1S/C16H29N7O.HI/c1-12-10-14(12)19-16(17-4-5-23-6-8-24-9-7-23)18-11-15-21-20-13(2)22(15)3;/h12,14H,4-11H2,1-3H3,(H2,17,18,19);1H. The molecule has 0 amide bonds. The molecule has 0 bridgehead atoms. The zero-order chi connectivity index (χ0) is 16.9. The Bertz CT molecular complexity index is 571. The molecule has 2 heterocycles. The van der Waals surface area contributed by atoms with Crippen LogP contribution in [0, 0.1) is 12.8 Å². The van der Waals surface area contributed by atoms with E-state index < -0.39 is 0 Å². The van der Waals surface area contributed by atoms with Gasteiger partial charge in [0, 0.05) is 39.3 Å². The van der Waals surface area contributed by atoms with Crippen molar-refractivity contribution in [2.45, 2.75) is 32.9 Å². The lowest BCUT2D eigenvalue weighted by atomic mass is 10.4. The van der Waals surface area contributed by atoms with Crippen LogP contribution in [0.1, 0.15) is 25.0 Å². The molecule has 1 aromatic heterocycles. The number of guanidine groups is 1. The lowest BCUT2D eigenvalue weighted by molar-refractivity contribution is 0.0389. The number of nitrogens with zero attached hydrogens (tertiary/aromatic N) is 5. The second-order valence-corrected chi connectivity index (χ2v) is 6.73. The Labute approximate surface area is 166 Å². The van der Waals surface area contributed by atoms with E-state index in [2.05, 4.69) is 32.7 Å². The third-order valence-corrected chi connectivity index (χ3v) is 4.82. The molecular weight excluding hydrogens is 433 g/mol. The molecule has 0 spiro atoms. The maximum atomic E-state index is 5.39. The monoisotopic (exact) mass is 463 g/mol. The predicted molar refractivity (Wildman–Crippen MR) is 108 cm³/mol. The molecule has 1 saturated heterocycles. The van der Waals surface area contributed by atoms with Gasteiger partial charge in [-0.1, -0.05) is 6.92 Å². The SMILES string of the molecule is Cc1nnc(CN=C(NCCN2CCOCC2)NC2CC2C)n1C.I. The number of aromatic nitrogens is 3. The van der Waals surface area contributed by atoms with E-state index in [1.54, 1.807) is 0 Å². The first-order valence-corrected chi connectivity index (χ1v) is 8.83. The van der Waals surface area contributed by atoms with E-state index in [9.17, 15) is 0 Å². The lowest BCUT2D eigenvalue weighted by Crippen LogP contribution is -2.45. The Morgan fingerprint density at radius 1 is 1.32 bits per heavy atom. The minimum atomic E-state index is 0. The Morgan fingerprint density at radius 2 is 2.04 bits per heavy atom. The number of rotatable bonds is 6. The summed E-state index contributed by atoms with van der Waals surface area (Å²) >= 11 is 0. The number of morpholine rings is 1. The van der Waals surface area contributed by atoms with Gasteiger partial charge in [0.15, 0.2) is 11.8 Å². The molecule has 9 heteroatoms. The van der Waals surface area contributed by atoms with Crippen LogP contribution in [0.2, 0.25) is 0 Å². The van der Waals surface area contributed by atoms with Crippen LogP contribution in [-0.4, -0.2) is 71.1 Å². The first-order chi connectivity index (χ1) is 11.6. The summed E-state index contributed by atoms with van der Waals surface area (Å²) in [5, 5.41) is 15.2. The second-order valence-electron chi connectivity index (χ2n) is 6.73. The van der Waals surface area contributed by atoms with Gasteiger partial charge in [-0.05, 0) is 19.3 Å². The number of ether oxygens (including phenoxy) is 1. The lowest BCUT2D eigenvalue weighted by Gasteiger charge is -2.26. The minimum absolute atomic E-state index is 0. The predicted octanol–water partition coefficient (Wildman–Crippen LogP) is 0.517. The maximum absolute atomic E-state index is 5.39. The van der Waals surface area contributed by atoms with Gasteiger partial charge in [-0.2, -0.15) is 0 Å². The number of nitrogens with one attached hydrogen (secondary N) is 2. The van der Waals surface area contributed by atoms with Crippen LogP contribution in [0.25, 0.3) is 0 Å². The van der Waals surface area contributed by atoms with Crippen LogP contribution in [-0.2, 0) is 18.3 Å². The average Bonchev–Trinajstić information content (AvgIpc) is 3.19. The zero-order valence-electron chi connectivity index (χ0n) is 15.4. The first kappa shape index (κ1) is 20.4. The summed E-state index contributed by atoms with van der Waals surface area (Å²) in [6, 6.07) is 0.542. The van der Waals surface area contributed by atoms with Crippen LogP contribution < -0.4 is 10.6 Å². The van der Waals surface area contributed by atoms with Crippen LogP contribution >= 0.6 is 24.0 Å². The summed E-state index contributed by atoms with van der Waals surface area (Å²) in [7, 11) is 1.97. The molecule has 1 aromatic rings. The highest BCUT2D eigenvalue weighted by molar-refractivity contribution is 14.0. The molecule has 8 nitrogen and oxygen atoms in total. The molecule has 2 N–H and O–H groups in total. The molecule has 2 fully saturated rings. The molecule has 2 aliphatic rings. The topological polar surface area (TPSA) is 79.6 Å². The Hall–Kier alpha value is -0.940. The Balaban J connectivity index is 0.00000225. The highest BCUT2D eigenvalue weighted by atomic mass is 127. The molecule has 3 rings (SSSR count). The normalized spacial score (nSPS) is 23.9. The fraction of sp³-hybridized carbons (Fsp3) is 0.812. The summed E-state index contributed by atoms with van der Waals surface area (Å²) in [4.78, 5) is 7.11. The molecule has 142 valence electrons. The fourth-order valence-corrected chi connectivity index (χ4v) is 2.75. The van der Waals surface area contributed by atoms with Gasteiger partial charge in [-0.15, -0.1) is 34.2 Å². The van der Waals surface area contributed by atoms with Gasteiger partial charge >= 0.3 is 0 Å². The molecule has 2 unspecified atom stereocenters. The highest BCUT2D eigenvalue weighted by Gasteiger charge is 2.33. The quantitative estimate of drug-likeness (QED) is 0.364. The largest absolute Gasteiger partial charge is 0.379 e. The molecular formula is C16H30IN7O. The average molecular weight is 463 g/mol. The molecule has 1 saturated carbocycles. The van der Waals surface area contributed by atoms with Crippen LogP contribution in [0.3, 0.4) is 0 Å². The number of hydrogen-bond acceptors (Lipinski definition) is 5. The van der Waals surface area contributed by atoms with E-state index in [-0.39, 0.29) is 24.0 Å². The molecule has 0 aromatic carbocycles. The second kappa shape index (κ2) is 9.67. The van der Waals surface area contributed by atoms with Crippen molar-refractivity contribution in [3.05, 3.63) is 11.6 Å². The molecule has 1 aliphatic heterocycles. The third-order valence-electron chi connectivity index (χ3n) is 4.82. The zero-order valence-corrected chi connectivity index (χ0v) is 17.7. The third kappa shape index (κ3) is 6.07. The molecule has 25 heavy (non-hydrogen) atoms. The van der Waals surface area contributed by atoms with Gasteiger partial charge < -0.3 is 19.9 Å². The summed E-state index contributed by atoms with van der Waals surface area (Å²) in [6.07, 6.45) is 1.22. The van der Waals surface area contributed by atoms with E-state index >= 15 is 0 Å². The maximum Gasteiger partial charge on any atom is 0.191 e. The summed E-state index contributed by atoms with van der Waals surface area (Å²) in [5.74, 6) is 3.39. The van der Waals surface area contributed by atoms with Gasteiger partial charge in [0.25, 0.3) is 0 Å². The minimum Gasteiger partial charge on any atom is -0.379 e. The van der Waals surface area contributed by atoms with Crippen molar-refractivity contribution in [3.8, 4) is 0 Å². The van der Waals surface area contributed by atoms with Gasteiger partial charge in [0.1, 0.15) is 12.4 Å². The van der Waals surface area contributed by atoms with E-state index in [0.29, 0.717) is 12.6 Å². The highest BCUT2D eigenvalue weighted by Crippen LogP contribution is 2.28. The van der Waals surface area contributed by atoms with E-state index in [0.717, 1.165) is 62.9 Å². The number of hydrogen-bond donors (Lipinski definition) is 2. The van der Waals surface area contributed by atoms with Crippen LogP contribution in [0.4, 0.5) is 0 Å². The smallest absolute Gasteiger partial charge is 0.191 e. The molecule has 2 atom stereocenters. The van der Waals surface area contributed by atoms with E-state index in [1.165, 1.54) is 6.42 Å². The van der Waals surface area contributed by atoms with Gasteiger partial charge in [0.05, 0.1) is 13.2 Å². The van der Waals surface area contributed by atoms with Crippen molar-refractivity contribution in [2.75, 3.05) is 39.4 Å². The van der Waals surface area contributed by atoms with Gasteiger partial charge in [-0.3, -0.25) is 4.90 Å². The summed E-state index contributed by atoms with van der Waals surface area (Å²) in [5.41, 5.74) is 0. The summed E-state index contributed by atoms with van der Waals surface area (Å²) in [6.45, 7) is 10.3. The fourth-order valence-electron chi connectivity index (χ4n) is 2.75. The van der Waals surface area contributed by atoms with Crippen LogP contribution in [0.15, 0.2) is 4.99 Å². The number of aliphatic imine (C=N–C) groups is 1. The van der Waals surface area contributed by atoms with Gasteiger partial charge in [-0.25, -0.2) is 4.99 Å². The number of aryl methyl sites for hydroxylation is 1. The van der Waals surface area contributed by atoms with Crippen molar-refractivity contribution in [1.29, 1.82) is 0 Å². The van der Waals surface area contributed by atoms with Crippen molar-refractivity contribution in [3.63, 3.8) is 0 Å². The summed E-state index contributed by atoms with van der Waals surface area (Å²) < 4.78 is 7.37. The first-order valence-electron chi connectivity index (χ1n) is 8.83. The van der Waals surface area contributed by atoms with Crippen molar-refractivity contribution in [2.24, 2.45) is 18.0 Å². The van der Waals surface area contributed by atoms with Crippen molar-refractivity contribution in [1.82, 2.24) is 30.3 Å². The van der Waals surface area contributed by atoms with Crippen molar-refractivity contribution < 1.29 is 4.74 Å². The molecule has 0 radical (unpaired) electrons. The Kier molecular flexibility index (Phi) is 7.88. The van der Waals surface area contributed by atoms with Gasteiger partial charge in [0.2, 0.25) is 0 Å².